The summed E-state index contributed by atoms with van der Waals surface area (Å²) in [6, 6.07) is 13.0. The molecule has 0 atom stereocenters. The Labute approximate surface area is 178 Å². The number of benzene rings is 2. The van der Waals surface area contributed by atoms with Crippen LogP contribution in [0.25, 0.3) is 10.9 Å². The van der Waals surface area contributed by atoms with E-state index >= 15 is 0 Å². The molecule has 0 radical (unpaired) electrons. The molecule has 1 N–H and O–H groups in total. The molecule has 4 rings (SSSR count). The molecule has 2 heterocycles. The van der Waals surface area contributed by atoms with Crippen LogP contribution in [0.15, 0.2) is 59.6 Å². The van der Waals surface area contributed by atoms with Gasteiger partial charge in [0.15, 0.2) is 0 Å². The molecule has 0 spiro atoms. The van der Waals surface area contributed by atoms with Crippen molar-refractivity contribution in [2.45, 2.75) is 25.3 Å². The maximum atomic E-state index is 14.2. The minimum absolute atomic E-state index is 0.0734. The summed E-state index contributed by atoms with van der Waals surface area (Å²) in [5.41, 5.74) is 2.03. The van der Waals surface area contributed by atoms with E-state index in [0.717, 1.165) is 5.39 Å². The number of nitrogens with zero attached hydrogens (tertiary/aromatic N) is 3. The van der Waals surface area contributed by atoms with Crippen molar-refractivity contribution >= 4 is 38.2 Å². The third-order valence-electron chi connectivity index (χ3n) is 4.87. The molecule has 154 valence electrons. The second-order valence-corrected chi connectivity index (χ2v) is 8.90. The molecule has 0 aliphatic rings. The standard InChI is InChI=1S/C21H18ClFN4O2S/c1-13-20(14(2)27(25-13)12-16-17(22)8-4-9-18(16)23)26-30(28,29)19-10-3-6-15-7-5-11-24-21(15)19/h3-11,26H,12H2,1-2H3. The number of rotatable bonds is 5. The summed E-state index contributed by atoms with van der Waals surface area (Å²) >= 11 is 6.12. The summed E-state index contributed by atoms with van der Waals surface area (Å²) in [6.45, 7) is 3.48. The van der Waals surface area contributed by atoms with Crippen molar-refractivity contribution in [2.24, 2.45) is 0 Å². The molecule has 0 aliphatic heterocycles. The van der Waals surface area contributed by atoms with E-state index in [1.165, 1.54) is 22.9 Å². The van der Waals surface area contributed by atoms with E-state index in [-0.39, 0.29) is 22.0 Å². The summed E-state index contributed by atoms with van der Waals surface area (Å²) in [5, 5.41) is 5.38. The van der Waals surface area contributed by atoms with Gasteiger partial charge in [0.2, 0.25) is 0 Å². The zero-order chi connectivity index (χ0) is 21.5. The van der Waals surface area contributed by atoms with E-state index < -0.39 is 15.8 Å². The number of aryl methyl sites for hydroxylation is 1. The molecule has 30 heavy (non-hydrogen) atoms. The number of fused-ring (bicyclic) bond motifs is 1. The van der Waals surface area contributed by atoms with Crippen molar-refractivity contribution in [3.05, 3.63) is 82.5 Å². The molecule has 0 bridgehead atoms. The van der Waals surface area contributed by atoms with Crippen molar-refractivity contribution in [3.63, 3.8) is 0 Å². The lowest BCUT2D eigenvalue weighted by Gasteiger charge is -2.11. The van der Waals surface area contributed by atoms with E-state index in [9.17, 15) is 12.8 Å². The lowest BCUT2D eigenvalue weighted by molar-refractivity contribution is 0.579. The van der Waals surface area contributed by atoms with Gasteiger partial charge in [0, 0.05) is 22.2 Å². The first-order valence-corrected chi connectivity index (χ1v) is 11.0. The lowest BCUT2D eigenvalue weighted by atomic mass is 10.2. The van der Waals surface area contributed by atoms with E-state index in [2.05, 4.69) is 14.8 Å². The highest BCUT2D eigenvalue weighted by molar-refractivity contribution is 7.93. The molecule has 0 aliphatic carbocycles. The van der Waals surface area contributed by atoms with Gasteiger partial charge in [-0.2, -0.15) is 5.10 Å². The summed E-state index contributed by atoms with van der Waals surface area (Å²) in [5.74, 6) is -0.445. The van der Waals surface area contributed by atoms with Gasteiger partial charge in [0.05, 0.1) is 29.1 Å². The highest BCUT2D eigenvalue weighted by Crippen LogP contribution is 2.28. The van der Waals surface area contributed by atoms with Crippen LogP contribution in [-0.4, -0.2) is 23.2 Å². The number of anilines is 1. The number of pyridine rings is 1. The quantitative estimate of drug-likeness (QED) is 0.484. The van der Waals surface area contributed by atoms with Crippen LogP contribution >= 0.6 is 11.6 Å². The average Bonchev–Trinajstić information content (AvgIpc) is 2.97. The Balaban J connectivity index is 1.72. The topological polar surface area (TPSA) is 76.9 Å². The summed E-state index contributed by atoms with van der Waals surface area (Å²) in [7, 11) is -3.93. The first kappa shape index (κ1) is 20.3. The fourth-order valence-corrected chi connectivity index (χ4v) is 4.89. The SMILES string of the molecule is Cc1nn(Cc2c(F)cccc2Cl)c(C)c1NS(=O)(=O)c1cccc2cccnc12. The Morgan fingerprint density at radius 3 is 2.60 bits per heavy atom. The third-order valence-corrected chi connectivity index (χ3v) is 6.61. The lowest BCUT2D eigenvalue weighted by Crippen LogP contribution is -2.15. The van der Waals surface area contributed by atoms with E-state index in [1.54, 1.807) is 50.4 Å². The molecule has 2 aromatic carbocycles. The molecule has 0 amide bonds. The number of nitrogens with one attached hydrogen (secondary N) is 1. The van der Waals surface area contributed by atoms with Gasteiger partial charge in [0.1, 0.15) is 10.7 Å². The van der Waals surface area contributed by atoms with E-state index in [4.69, 9.17) is 11.6 Å². The van der Waals surface area contributed by atoms with Crippen molar-refractivity contribution in [1.29, 1.82) is 0 Å². The predicted molar refractivity (Wildman–Crippen MR) is 115 cm³/mol. The molecule has 4 aromatic rings. The van der Waals surface area contributed by atoms with Gasteiger partial charge in [0.25, 0.3) is 10.0 Å². The minimum Gasteiger partial charge on any atom is -0.276 e. The molecule has 6 nitrogen and oxygen atoms in total. The smallest absolute Gasteiger partial charge is 0.264 e. The molecule has 0 saturated heterocycles. The highest BCUT2D eigenvalue weighted by atomic mass is 35.5. The average molecular weight is 445 g/mol. The summed E-state index contributed by atoms with van der Waals surface area (Å²) in [4.78, 5) is 4.29. The molecule has 0 unspecified atom stereocenters. The molecule has 0 fully saturated rings. The van der Waals surface area contributed by atoms with Gasteiger partial charge in [-0.1, -0.05) is 35.9 Å². The molecular weight excluding hydrogens is 427 g/mol. The van der Waals surface area contributed by atoms with Crippen molar-refractivity contribution in [1.82, 2.24) is 14.8 Å². The Morgan fingerprint density at radius 1 is 1.10 bits per heavy atom. The van der Waals surface area contributed by atoms with Crippen LogP contribution in [0.5, 0.6) is 0 Å². The van der Waals surface area contributed by atoms with Crippen molar-refractivity contribution < 1.29 is 12.8 Å². The van der Waals surface area contributed by atoms with E-state index in [1.807, 2.05) is 0 Å². The van der Waals surface area contributed by atoms with Crippen molar-refractivity contribution in [3.8, 4) is 0 Å². The number of para-hydroxylation sites is 1. The van der Waals surface area contributed by atoms with Crippen LogP contribution in [0.3, 0.4) is 0 Å². The summed E-state index contributed by atoms with van der Waals surface area (Å²) < 4.78 is 44.6. The van der Waals surface area contributed by atoms with Crippen LogP contribution in [0.4, 0.5) is 10.1 Å². The Morgan fingerprint density at radius 2 is 1.83 bits per heavy atom. The molecule has 9 heteroatoms. The Hall–Kier alpha value is -2.97. The number of sulfonamides is 1. The number of halogens is 2. The monoisotopic (exact) mass is 444 g/mol. The highest BCUT2D eigenvalue weighted by Gasteiger charge is 2.23. The summed E-state index contributed by atoms with van der Waals surface area (Å²) in [6.07, 6.45) is 1.55. The van der Waals surface area contributed by atoms with Crippen LogP contribution in [-0.2, 0) is 16.6 Å². The number of hydrogen-bond donors (Lipinski definition) is 1. The molecule has 0 saturated carbocycles. The van der Waals surface area contributed by atoms with Gasteiger partial charge >= 0.3 is 0 Å². The Kier molecular flexibility index (Phi) is 5.21. The van der Waals surface area contributed by atoms with Gasteiger partial charge in [-0.3, -0.25) is 14.4 Å². The van der Waals surface area contributed by atoms with Crippen LogP contribution < -0.4 is 4.72 Å². The number of hydrogen-bond acceptors (Lipinski definition) is 4. The zero-order valence-electron chi connectivity index (χ0n) is 16.2. The van der Waals surface area contributed by atoms with Crippen molar-refractivity contribution in [2.75, 3.05) is 4.72 Å². The first-order chi connectivity index (χ1) is 14.3. The Bertz CT molecular complexity index is 1340. The maximum Gasteiger partial charge on any atom is 0.264 e. The first-order valence-electron chi connectivity index (χ1n) is 9.11. The third kappa shape index (κ3) is 3.64. The maximum absolute atomic E-state index is 14.2. The fraction of sp³-hybridized carbons (Fsp3) is 0.143. The molecule has 2 aromatic heterocycles. The van der Waals surface area contributed by atoms with Crippen LogP contribution in [0.1, 0.15) is 17.0 Å². The second-order valence-electron chi connectivity index (χ2n) is 6.84. The molecular formula is C21H18ClFN4O2S. The predicted octanol–water partition coefficient (Wildman–Crippen LogP) is 4.69. The second kappa shape index (κ2) is 7.70. The fourth-order valence-electron chi connectivity index (χ4n) is 3.31. The minimum atomic E-state index is -3.93. The zero-order valence-corrected chi connectivity index (χ0v) is 17.8. The van der Waals surface area contributed by atoms with Gasteiger partial charge in [-0.15, -0.1) is 0 Å². The van der Waals surface area contributed by atoms with E-state index in [0.29, 0.717) is 22.6 Å². The normalized spacial score (nSPS) is 11.7. The van der Waals surface area contributed by atoms with Crippen LogP contribution in [0, 0.1) is 19.7 Å². The largest absolute Gasteiger partial charge is 0.276 e. The van der Waals surface area contributed by atoms with Gasteiger partial charge in [-0.25, -0.2) is 12.8 Å². The van der Waals surface area contributed by atoms with Gasteiger partial charge in [-0.05, 0) is 38.1 Å². The van der Waals surface area contributed by atoms with Crippen LogP contribution in [0.2, 0.25) is 5.02 Å². The number of aromatic nitrogens is 3. The van der Waals surface area contributed by atoms with Gasteiger partial charge < -0.3 is 0 Å².